The van der Waals surface area contributed by atoms with Crippen molar-refractivity contribution in [2.24, 2.45) is 5.84 Å². The number of nitrogens with zero attached hydrogens (tertiary/aromatic N) is 1. The molecule has 0 aliphatic heterocycles. The number of hydrazine groups is 1. The van der Waals surface area contributed by atoms with Crippen molar-refractivity contribution in [3.05, 3.63) is 66.6 Å². The lowest BCUT2D eigenvalue weighted by atomic mass is 10.1. The number of nitrogens with two attached hydrogens (primary N) is 1. The maximum atomic E-state index is 11.3. The van der Waals surface area contributed by atoms with Crippen molar-refractivity contribution in [3.63, 3.8) is 0 Å². The van der Waals surface area contributed by atoms with Gasteiger partial charge in [0.25, 0.3) is 0 Å². The van der Waals surface area contributed by atoms with E-state index in [1.807, 2.05) is 60.7 Å². The number of oxazole rings is 1. The summed E-state index contributed by atoms with van der Waals surface area (Å²) in [6.45, 7) is 0. The summed E-state index contributed by atoms with van der Waals surface area (Å²) in [5.41, 5.74) is 4.82. The van der Waals surface area contributed by atoms with Gasteiger partial charge in [-0.2, -0.15) is 0 Å². The predicted molar refractivity (Wildman–Crippen MR) is 88.0 cm³/mol. The molecule has 0 aliphatic carbocycles. The number of aryl methyl sites for hydroxylation is 1. The summed E-state index contributed by atoms with van der Waals surface area (Å²) in [5, 5.41) is 0. The number of carbonyl (C=O) groups is 1. The van der Waals surface area contributed by atoms with Crippen LogP contribution in [0.3, 0.4) is 0 Å². The Morgan fingerprint density at radius 3 is 2.22 bits per heavy atom. The normalized spacial score (nSPS) is 10.5. The largest absolute Gasteiger partial charge is 0.440 e. The molecule has 3 N–H and O–H groups in total. The van der Waals surface area contributed by atoms with Crippen LogP contribution in [0.4, 0.5) is 0 Å². The van der Waals surface area contributed by atoms with E-state index in [4.69, 9.17) is 10.3 Å². The average Bonchev–Trinajstić information content (AvgIpc) is 3.05. The van der Waals surface area contributed by atoms with Crippen LogP contribution >= 0.6 is 0 Å². The van der Waals surface area contributed by atoms with Crippen LogP contribution in [0.25, 0.3) is 22.6 Å². The minimum Gasteiger partial charge on any atom is -0.440 e. The average molecular weight is 307 g/mol. The van der Waals surface area contributed by atoms with Crippen molar-refractivity contribution in [1.82, 2.24) is 10.4 Å². The first kappa shape index (κ1) is 15.0. The third-order valence-electron chi connectivity index (χ3n) is 3.48. The van der Waals surface area contributed by atoms with Gasteiger partial charge >= 0.3 is 0 Å². The van der Waals surface area contributed by atoms with Gasteiger partial charge in [-0.1, -0.05) is 60.7 Å². The smallest absolute Gasteiger partial charge is 0.234 e. The maximum absolute atomic E-state index is 11.3. The summed E-state index contributed by atoms with van der Waals surface area (Å²) in [5.74, 6) is 6.09. The van der Waals surface area contributed by atoms with E-state index in [1.54, 1.807) is 0 Å². The van der Waals surface area contributed by atoms with Crippen molar-refractivity contribution < 1.29 is 9.21 Å². The van der Waals surface area contributed by atoms with E-state index in [1.165, 1.54) is 0 Å². The second-order valence-electron chi connectivity index (χ2n) is 5.08. The van der Waals surface area contributed by atoms with E-state index in [0.29, 0.717) is 18.1 Å². The van der Waals surface area contributed by atoms with Crippen molar-refractivity contribution in [2.45, 2.75) is 12.8 Å². The molecule has 0 bridgehead atoms. The van der Waals surface area contributed by atoms with Gasteiger partial charge in [-0.25, -0.2) is 10.8 Å². The number of benzene rings is 2. The summed E-state index contributed by atoms with van der Waals surface area (Å²) in [4.78, 5) is 15.9. The fourth-order valence-corrected chi connectivity index (χ4v) is 2.34. The van der Waals surface area contributed by atoms with Gasteiger partial charge in [-0.15, -0.1) is 0 Å². The van der Waals surface area contributed by atoms with Crippen LogP contribution in [0.15, 0.2) is 65.1 Å². The first-order chi connectivity index (χ1) is 11.3. The zero-order valence-corrected chi connectivity index (χ0v) is 12.5. The Bertz CT molecular complexity index is 726. The van der Waals surface area contributed by atoms with Crippen LogP contribution in [-0.4, -0.2) is 10.9 Å². The molecule has 2 aromatic carbocycles. The van der Waals surface area contributed by atoms with Crippen LogP contribution in [0.2, 0.25) is 0 Å². The molecule has 0 aliphatic rings. The Morgan fingerprint density at radius 1 is 1.00 bits per heavy atom. The third-order valence-corrected chi connectivity index (χ3v) is 3.48. The van der Waals surface area contributed by atoms with Gasteiger partial charge in [0.1, 0.15) is 5.69 Å². The van der Waals surface area contributed by atoms with Crippen molar-refractivity contribution in [2.75, 3.05) is 0 Å². The van der Waals surface area contributed by atoms with Gasteiger partial charge in [0.15, 0.2) is 11.7 Å². The SMILES string of the molecule is NNC(=O)CCc1nc(-c2ccccc2)c(-c2ccccc2)o1. The van der Waals surface area contributed by atoms with E-state index < -0.39 is 0 Å². The Kier molecular flexibility index (Phi) is 4.49. The molecule has 0 fully saturated rings. The number of aromatic nitrogens is 1. The molecule has 23 heavy (non-hydrogen) atoms. The number of hydrogen-bond donors (Lipinski definition) is 2. The molecule has 0 spiro atoms. The molecular weight excluding hydrogens is 290 g/mol. The molecule has 1 amide bonds. The first-order valence-corrected chi connectivity index (χ1v) is 7.38. The van der Waals surface area contributed by atoms with Gasteiger partial charge in [-0.3, -0.25) is 10.2 Å². The third kappa shape index (κ3) is 3.46. The topological polar surface area (TPSA) is 81.1 Å². The first-order valence-electron chi connectivity index (χ1n) is 7.38. The molecule has 3 rings (SSSR count). The Labute approximate surface area is 134 Å². The lowest BCUT2D eigenvalue weighted by Gasteiger charge is -2.00. The molecular formula is C18H17N3O2. The van der Waals surface area contributed by atoms with E-state index in [9.17, 15) is 4.79 Å². The predicted octanol–water partition coefficient (Wildman–Crippen LogP) is 2.93. The zero-order valence-electron chi connectivity index (χ0n) is 12.5. The van der Waals surface area contributed by atoms with E-state index in [2.05, 4.69) is 10.4 Å². The standard InChI is InChI=1S/C18H17N3O2/c19-21-15(22)11-12-16-20-17(13-7-3-1-4-8-13)18(23-16)14-9-5-2-6-10-14/h1-10H,11-12,19H2,(H,21,22). The molecule has 0 saturated heterocycles. The Morgan fingerprint density at radius 2 is 1.61 bits per heavy atom. The van der Waals surface area contributed by atoms with E-state index in [-0.39, 0.29) is 12.3 Å². The molecule has 5 heteroatoms. The van der Waals surface area contributed by atoms with Crippen molar-refractivity contribution in [1.29, 1.82) is 0 Å². The van der Waals surface area contributed by atoms with Gasteiger partial charge in [0, 0.05) is 24.0 Å². The van der Waals surface area contributed by atoms with E-state index >= 15 is 0 Å². The minimum atomic E-state index is -0.245. The second kappa shape index (κ2) is 6.89. The minimum absolute atomic E-state index is 0.236. The molecule has 3 aromatic rings. The quantitative estimate of drug-likeness (QED) is 0.431. The molecule has 1 aromatic heterocycles. The van der Waals surface area contributed by atoms with Crippen LogP contribution in [0.5, 0.6) is 0 Å². The van der Waals surface area contributed by atoms with Gasteiger partial charge in [-0.05, 0) is 0 Å². The number of carbonyl (C=O) groups excluding carboxylic acids is 1. The monoisotopic (exact) mass is 307 g/mol. The summed E-state index contributed by atoms with van der Waals surface area (Å²) >= 11 is 0. The lowest BCUT2D eigenvalue weighted by molar-refractivity contribution is -0.121. The lowest BCUT2D eigenvalue weighted by Crippen LogP contribution is -2.30. The molecule has 0 atom stereocenters. The number of amides is 1. The number of nitrogens with one attached hydrogen (secondary N) is 1. The van der Waals surface area contributed by atoms with Crippen LogP contribution in [0, 0.1) is 0 Å². The van der Waals surface area contributed by atoms with Crippen molar-refractivity contribution >= 4 is 5.91 Å². The molecule has 0 unspecified atom stereocenters. The second-order valence-corrected chi connectivity index (χ2v) is 5.08. The highest BCUT2D eigenvalue weighted by atomic mass is 16.4. The van der Waals surface area contributed by atoms with Gasteiger partial charge in [0.05, 0.1) is 0 Å². The van der Waals surface area contributed by atoms with Crippen LogP contribution in [-0.2, 0) is 11.2 Å². The summed E-state index contributed by atoms with van der Waals surface area (Å²) in [6, 6.07) is 19.7. The van der Waals surface area contributed by atoms with Gasteiger partial charge < -0.3 is 4.42 Å². The Hall–Kier alpha value is -2.92. The van der Waals surface area contributed by atoms with Crippen LogP contribution in [0.1, 0.15) is 12.3 Å². The van der Waals surface area contributed by atoms with Crippen molar-refractivity contribution in [3.8, 4) is 22.6 Å². The molecule has 1 heterocycles. The summed E-state index contributed by atoms with van der Waals surface area (Å²) in [6.07, 6.45) is 0.634. The number of rotatable bonds is 5. The fourth-order valence-electron chi connectivity index (χ4n) is 2.34. The van der Waals surface area contributed by atoms with Crippen LogP contribution < -0.4 is 11.3 Å². The van der Waals surface area contributed by atoms with Gasteiger partial charge in [0.2, 0.25) is 5.91 Å². The molecule has 5 nitrogen and oxygen atoms in total. The highest BCUT2D eigenvalue weighted by molar-refractivity contribution is 5.77. The molecule has 0 saturated carbocycles. The molecule has 116 valence electrons. The number of hydrogen-bond acceptors (Lipinski definition) is 4. The zero-order chi connectivity index (χ0) is 16.1. The van der Waals surface area contributed by atoms with E-state index in [0.717, 1.165) is 16.8 Å². The highest BCUT2D eigenvalue weighted by Gasteiger charge is 2.17. The maximum Gasteiger partial charge on any atom is 0.234 e. The fraction of sp³-hybridized carbons (Fsp3) is 0.111. The summed E-state index contributed by atoms with van der Waals surface area (Å²) < 4.78 is 5.92. The summed E-state index contributed by atoms with van der Waals surface area (Å²) in [7, 11) is 0. The molecule has 0 radical (unpaired) electrons. The highest BCUT2D eigenvalue weighted by Crippen LogP contribution is 2.32. The Balaban J connectivity index is 1.99.